The van der Waals surface area contributed by atoms with Crippen molar-refractivity contribution < 1.29 is 4.79 Å². The monoisotopic (exact) mass is 230 g/mol. The molecule has 1 saturated carbocycles. The average molecular weight is 230 g/mol. The SMILES string of the molecule is NC(=O)CN(C1CC1)[C@H]1CCc2ccccc21. The van der Waals surface area contributed by atoms with Crippen molar-refractivity contribution in [2.24, 2.45) is 5.73 Å². The Balaban J connectivity index is 1.85. The summed E-state index contributed by atoms with van der Waals surface area (Å²) in [6, 6.07) is 9.57. The molecule has 2 N–H and O–H groups in total. The minimum absolute atomic E-state index is 0.207. The maximum Gasteiger partial charge on any atom is 0.231 e. The lowest BCUT2D eigenvalue weighted by atomic mass is 10.1. The molecule has 1 aromatic rings. The van der Waals surface area contributed by atoms with Crippen LogP contribution in [0.2, 0.25) is 0 Å². The van der Waals surface area contributed by atoms with Crippen LogP contribution in [0.1, 0.15) is 36.4 Å². The Morgan fingerprint density at radius 3 is 2.76 bits per heavy atom. The third kappa shape index (κ3) is 2.07. The van der Waals surface area contributed by atoms with Gasteiger partial charge in [-0.05, 0) is 36.8 Å². The number of hydrogen-bond acceptors (Lipinski definition) is 2. The predicted octanol–water partition coefficient (Wildman–Crippen LogP) is 1.62. The second-order valence-electron chi connectivity index (χ2n) is 5.12. The van der Waals surface area contributed by atoms with E-state index in [4.69, 9.17) is 5.73 Å². The van der Waals surface area contributed by atoms with Crippen LogP contribution in [0, 0.1) is 0 Å². The van der Waals surface area contributed by atoms with Gasteiger partial charge in [-0.25, -0.2) is 0 Å². The van der Waals surface area contributed by atoms with E-state index in [1.165, 1.54) is 24.0 Å². The summed E-state index contributed by atoms with van der Waals surface area (Å²) in [4.78, 5) is 13.5. The van der Waals surface area contributed by atoms with Gasteiger partial charge in [0, 0.05) is 12.1 Å². The van der Waals surface area contributed by atoms with Gasteiger partial charge in [0.05, 0.1) is 6.54 Å². The van der Waals surface area contributed by atoms with Gasteiger partial charge in [-0.1, -0.05) is 24.3 Å². The van der Waals surface area contributed by atoms with Crippen LogP contribution in [0.15, 0.2) is 24.3 Å². The lowest BCUT2D eigenvalue weighted by Gasteiger charge is -2.28. The van der Waals surface area contributed by atoms with E-state index in [2.05, 4.69) is 29.2 Å². The van der Waals surface area contributed by atoms with Crippen molar-refractivity contribution in [3.63, 3.8) is 0 Å². The van der Waals surface area contributed by atoms with Crippen molar-refractivity contribution in [3.8, 4) is 0 Å². The standard InChI is InChI=1S/C14H18N2O/c15-14(17)9-16(11-6-7-11)13-8-5-10-3-1-2-4-12(10)13/h1-4,11,13H,5-9H2,(H2,15,17)/t13-/m0/s1. The number of benzene rings is 1. The Morgan fingerprint density at radius 2 is 2.06 bits per heavy atom. The largest absolute Gasteiger partial charge is 0.369 e. The molecule has 0 aliphatic heterocycles. The number of primary amides is 1. The Kier molecular flexibility index (Phi) is 2.63. The Bertz CT molecular complexity index is 440. The number of hydrogen-bond donors (Lipinski definition) is 1. The fraction of sp³-hybridized carbons (Fsp3) is 0.500. The van der Waals surface area contributed by atoms with Gasteiger partial charge in [-0.15, -0.1) is 0 Å². The summed E-state index contributed by atoms with van der Waals surface area (Å²) in [5.41, 5.74) is 8.21. The molecule has 0 unspecified atom stereocenters. The highest BCUT2D eigenvalue weighted by Gasteiger charge is 2.37. The maximum absolute atomic E-state index is 11.2. The molecular formula is C14H18N2O. The summed E-state index contributed by atoms with van der Waals surface area (Å²) in [7, 11) is 0. The molecule has 17 heavy (non-hydrogen) atoms. The molecule has 2 aliphatic rings. The van der Waals surface area contributed by atoms with Crippen LogP contribution in [0.4, 0.5) is 0 Å². The molecule has 1 amide bonds. The van der Waals surface area contributed by atoms with Crippen molar-refractivity contribution in [1.29, 1.82) is 0 Å². The molecule has 2 aliphatic carbocycles. The van der Waals surface area contributed by atoms with Gasteiger partial charge in [-0.3, -0.25) is 9.69 Å². The molecule has 3 heteroatoms. The van der Waals surface area contributed by atoms with Gasteiger partial charge in [0.1, 0.15) is 0 Å². The zero-order valence-corrected chi connectivity index (χ0v) is 9.93. The van der Waals surface area contributed by atoms with E-state index in [1.807, 2.05) is 0 Å². The lowest BCUT2D eigenvalue weighted by Crippen LogP contribution is -2.37. The topological polar surface area (TPSA) is 46.3 Å². The van der Waals surface area contributed by atoms with E-state index in [9.17, 15) is 4.79 Å². The number of carbonyl (C=O) groups is 1. The summed E-state index contributed by atoms with van der Waals surface area (Å²) in [5, 5.41) is 0. The highest BCUT2D eigenvalue weighted by Crippen LogP contribution is 2.41. The van der Waals surface area contributed by atoms with Gasteiger partial charge in [0.15, 0.2) is 0 Å². The van der Waals surface area contributed by atoms with Gasteiger partial charge in [0.25, 0.3) is 0 Å². The number of nitrogens with zero attached hydrogens (tertiary/aromatic N) is 1. The molecule has 1 fully saturated rings. The second-order valence-corrected chi connectivity index (χ2v) is 5.12. The van der Waals surface area contributed by atoms with Crippen LogP contribution >= 0.6 is 0 Å². The molecule has 1 atom stereocenters. The Hall–Kier alpha value is -1.35. The van der Waals surface area contributed by atoms with E-state index >= 15 is 0 Å². The van der Waals surface area contributed by atoms with Crippen LogP contribution in [-0.4, -0.2) is 23.4 Å². The van der Waals surface area contributed by atoms with Crippen LogP contribution in [0.3, 0.4) is 0 Å². The van der Waals surface area contributed by atoms with Crippen LogP contribution < -0.4 is 5.73 Å². The van der Waals surface area contributed by atoms with Crippen molar-refractivity contribution in [3.05, 3.63) is 35.4 Å². The molecule has 0 aromatic heterocycles. The van der Waals surface area contributed by atoms with Crippen molar-refractivity contribution in [2.45, 2.75) is 37.8 Å². The number of amides is 1. The molecule has 0 spiro atoms. The van der Waals surface area contributed by atoms with E-state index in [0.29, 0.717) is 18.6 Å². The molecule has 3 rings (SSSR count). The number of fused-ring (bicyclic) bond motifs is 1. The number of nitrogens with two attached hydrogens (primary N) is 1. The third-order valence-corrected chi connectivity index (χ3v) is 3.86. The highest BCUT2D eigenvalue weighted by molar-refractivity contribution is 5.76. The quantitative estimate of drug-likeness (QED) is 0.854. The fourth-order valence-electron chi connectivity index (χ4n) is 2.96. The van der Waals surface area contributed by atoms with E-state index in [0.717, 1.165) is 12.8 Å². The number of aryl methyl sites for hydroxylation is 1. The van der Waals surface area contributed by atoms with E-state index < -0.39 is 0 Å². The zero-order chi connectivity index (χ0) is 11.8. The predicted molar refractivity (Wildman–Crippen MR) is 66.4 cm³/mol. The first-order valence-electron chi connectivity index (χ1n) is 6.37. The minimum atomic E-state index is -0.207. The Labute approximate surface area is 102 Å². The molecule has 3 nitrogen and oxygen atoms in total. The zero-order valence-electron chi connectivity index (χ0n) is 9.93. The first-order chi connectivity index (χ1) is 8.25. The van der Waals surface area contributed by atoms with E-state index in [-0.39, 0.29) is 5.91 Å². The van der Waals surface area contributed by atoms with Crippen molar-refractivity contribution in [2.75, 3.05) is 6.54 Å². The first-order valence-corrected chi connectivity index (χ1v) is 6.37. The summed E-state index contributed by atoms with van der Waals surface area (Å²) in [5.74, 6) is -0.207. The lowest BCUT2D eigenvalue weighted by molar-refractivity contribution is -0.119. The normalized spacial score (nSPS) is 22.8. The van der Waals surface area contributed by atoms with Gasteiger partial charge >= 0.3 is 0 Å². The number of rotatable bonds is 4. The second kappa shape index (κ2) is 4.15. The summed E-state index contributed by atoms with van der Waals surface area (Å²) in [6.45, 7) is 0.406. The van der Waals surface area contributed by atoms with Crippen molar-refractivity contribution >= 4 is 5.91 Å². The van der Waals surface area contributed by atoms with E-state index in [1.54, 1.807) is 0 Å². The fourth-order valence-corrected chi connectivity index (χ4v) is 2.96. The molecule has 1 aromatic carbocycles. The van der Waals surface area contributed by atoms with Gasteiger partial charge in [0.2, 0.25) is 5.91 Å². The van der Waals surface area contributed by atoms with Crippen LogP contribution in [0.25, 0.3) is 0 Å². The highest BCUT2D eigenvalue weighted by atomic mass is 16.1. The summed E-state index contributed by atoms with van der Waals surface area (Å²) in [6.07, 6.45) is 4.68. The minimum Gasteiger partial charge on any atom is -0.369 e. The average Bonchev–Trinajstić information content (AvgIpc) is 3.06. The van der Waals surface area contributed by atoms with Gasteiger partial charge < -0.3 is 5.73 Å². The van der Waals surface area contributed by atoms with Gasteiger partial charge in [-0.2, -0.15) is 0 Å². The smallest absolute Gasteiger partial charge is 0.231 e. The molecule has 0 radical (unpaired) electrons. The molecule has 0 saturated heterocycles. The molecule has 0 heterocycles. The van der Waals surface area contributed by atoms with Crippen molar-refractivity contribution in [1.82, 2.24) is 4.90 Å². The molecule has 0 bridgehead atoms. The summed E-state index contributed by atoms with van der Waals surface area (Å²) < 4.78 is 0. The maximum atomic E-state index is 11.2. The Morgan fingerprint density at radius 1 is 1.29 bits per heavy atom. The van der Waals surface area contributed by atoms with Crippen LogP contribution in [-0.2, 0) is 11.2 Å². The number of carbonyl (C=O) groups excluding carboxylic acids is 1. The molecular weight excluding hydrogens is 212 g/mol. The third-order valence-electron chi connectivity index (χ3n) is 3.86. The van der Waals surface area contributed by atoms with Crippen LogP contribution in [0.5, 0.6) is 0 Å². The summed E-state index contributed by atoms with van der Waals surface area (Å²) >= 11 is 0. The first kappa shape index (κ1) is 10.8. The molecule has 90 valence electrons.